The molecule has 1 aliphatic rings. The first kappa shape index (κ1) is 9.94. The van der Waals surface area contributed by atoms with Gasteiger partial charge in [0, 0.05) is 19.1 Å². The lowest BCUT2D eigenvalue weighted by molar-refractivity contribution is 0.622. The molecule has 3 nitrogen and oxygen atoms in total. The van der Waals surface area contributed by atoms with Crippen LogP contribution in [0.15, 0.2) is 18.2 Å². The zero-order chi connectivity index (χ0) is 10.8. The number of nitriles is 1. The number of hydrogen-bond donors (Lipinski definition) is 1. The summed E-state index contributed by atoms with van der Waals surface area (Å²) in [6, 6.07) is 6.57. The molecule has 0 aliphatic carbocycles. The van der Waals surface area contributed by atoms with Crippen LogP contribution in [0.2, 0.25) is 0 Å². The second-order valence-electron chi connectivity index (χ2n) is 3.77. The molecule has 78 valence electrons. The Morgan fingerprint density at radius 1 is 1.53 bits per heavy atom. The van der Waals surface area contributed by atoms with Crippen molar-refractivity contribution in [3.63, 3.8) is 0 Å². The van der Waals surface area contributed by atoms with Gasteiger partial charge >= 0.3 is 0 Å². The molecule has 0 amide bonds. The fourth-order valence-corrected chi connectivity index (χ4v) is 1.84. The molecule has 1 heterocycles. The smallest absolute Gasteiger partial charge is 0.147 e. The van der Waals surface area contributed by atoms with Gasteiger partial charge in [-0.05, 0) is 24.6 Å². The Morgan fingerprint density at radius 2 is 2.33 bits per heavy atom. The van der Waals surface area contributed by atoms with Crippen molar-refractivity contribution >= 4 is 5.69 Å². The molecule has 0 bridgehead atoms. The molecule has 1 atom stereocenters. The third kappa shape index (κ3) is 1.92. The summed E-state index contributed by atoms with van der Waals surface area (Å²) in [5.74, 6) is -0.344. The maximum Gasteiger partial charge on any atom is 0.147 e. The zero-order valence-corrected chi connectivity index (χ0v) is 8.28. The minimum Gasteiger partial charge on any atom is -0.368 e. The largest absolute Gasteiger partial charge is 0.368 e. The molecule has 4 heteroatoms. The van der Waals surface area contributed by atoms with Gasteiger partial charge in [-0.3, -0.25) is 0 Å². The Balaban J connectivity index is 2.26. The molecule has 2 N–H and O–H groups in total. The fourth-order valence-electron chi connectivity index (χ4n) is 1.84. The van der Waals surface area contributed by atoms with Gasteiger partial charge in [0.2, 0.25) is 0 Å². The van der Waals surface area contributed by atoms with E-state index >= 15 is 0 Å². The molecule has 1 unspecified atom stereocenters. The van der Waals surface area contributed by atoms with Gasteiger partial charge in [0.1, 0.15) is 5.82 Å². The molecule has 0 saturated carbocycles. The normalized spacial score (nSPS) is 20.3. The Labute approximate surface area is 87.9 Å². The van der Waals surface area contributed by atoms with Crippen LogP contribution in [0, 0.1) is 17.1 Å². The number of rotatable bonds is 1. The predicted octanol–water partition coefficient (Wildman–Crippen LogP) is 1.23. The molecule has 0 aromatic heterocycles. The van der Waals surface area contributed by atoms with Crippen LogP contribution in [0.25, 0.3) is 0 Å². The van der Waals surface area contributed by atoms with E-state index in [0.29, 0.717) is 17.8 Å². The highest BCUT2D eigenvalue weighted by molar-refractivity contribution is 5.52. The van der Waals surface area contributed by atoms with Crippen LogP contribution < -0.4 is 10.6 Å². The monoisotopic (exact) mass is 205 g/mol. The van der Waals surface area contributed by atoms with E-state index in [4.69, 9.17) is 11.0 Å². The summed E-state index contributed by atoms with van der Waals surface area (Å²) < 4.78 is 13.6. The summed E-state index contributed by atoms with van der Waals surface area (Å²) >= 11 is 0. The highest BCUT2D eigenvalue weighted by atomic mass is 19.1. The summed E-state index contributed by atoms with van der Waals surface area (Å²) in [5.41, 5.74) is 6.64. The van der Waals surface area contributed by atoms with Gasteiger partial charge in [-0.15, -0.1) is 0 Å². The van der Waals surface area contributed by atoms with Crippen molar-refractivity contribution in [2.24, 2.45) is 5.73 Å². The van der Waals surface area contributed by atoms with Crippen molar-refractivity contribution in [3.8, 4) is 6.07 Å². The van der Waals surface area contributed by atoms with Crippen molar-refractivity contribution in [1.29, 1.82) is 5.26 Å². The SMILES string of the molecule is N#Cc1ccc(N2CCC(N)C2)c(F)c1. The van der Waals surface area contributed by atoms with Crippen LogP contribution >= 0.6 is 0 Å². The van der Waals surface area contributed by atoms with Crippen LogP contribution in [0.3, 0.4) is 0 Å². The minimum absolute atomic E-state index is 0.125. The number of nitrogens with zero attached hydrogens (tertiary/aromatic N) is 2. The molecule has 1 aromatic carbocycles. The Kier molecular flexibility index (Phi) is 2.57. The number of halogens is 1. The lowest BCUT2D eigenvalue weighted by atomic mass is 10.2. The molecule has 0 radical (unpaired) electrons. The molecular formula is C11H12FN3. The predicted molar refractivity (Wildman–Crippen MR) is 55.9 cm³/mol. The lowest BCUT2D eigenvalue weighted by Crippen LogP contribution is -2.26. The first-order valence-electron chi connectivity index (χ1n) is 4.91. The van der Waals surface area contributed by atoms with Crippen molar-refractivity contribution < 1.29 is 4.39 Å². The Bertz CT molecular complexity index is 411. The van der Waals surface area contributed by atoms with E-state index in [1.807, 2.05) is 11.0 Å². The van der Waals surface area contributed by atoms with Crippen molar-refractivity contribution in [1.82, 2.24) is 0 Å². The number of benzene rings is 1. The van der Waals surface area contributed by atoms with E-state index in [1.165, 1.54) is 6.07 Å². The van der Waals surface area contributed by atoms with E-state index < -0.39 is 0 Å². The minimum atomic E-state index is -0.344. The first-order chi connectivity index (χ1) is 7.20. The van der Waals surface area contributed by atoms with Crippen molar-refractivity contribution in [3.05, 3.63) is 29.6 Å². The summed E-state index contributed by atoms with van der Waals surface area (Å²) in [7, 11) is 0. The number of hydrogen-bond acceptors (Lipinski definition) is 3. The molecule has 15 heavy (non-hydrogen) atoms. The van der Waals surface area contributed by atoms with Crippen LogP contribution in [0.5, 0.6) is 0 Å². The summed E-state index contributed by atoms with van der Waals surface area (Å²) in [6.07, 6.45) is 0.888. The number of anilines is 1. The summed E-state index contributed by atoms with van der Waals surface area (Å²) in [4.78, 5) is 1.92. The molecular weight excluding hydrogens is 193 g/mol. The van der Waals surface area contributed by atoms with Crippen LogP contribution in [-0.2, 0) is 0 Å². The average Bonchev–Trinajstić information content (AvgIpc) is 2.64. The molecule has 1 saturated heterocycles. The fraction of sp³-hybridized carbons (Fsp3) is 0.364. The van der Waals surface area contributed by atoms with Gasteiger partial charge in [0.15, 0.2) is 0 Å². The standard InChI is InChI=1S/C11H12FN3/c12-10-5-8(6-13)1-2-11(10)15-4-3-9(14)7-15/h1-2,5,9H,3-4,7,14H2. The lowest BCUT2D eigenvalue weighted by Gasteiger charge is -2.18. The van der Waals surface area contributed by atoms with Crippen LogP contribution in [-0.4, -0.2) is 19.1 Å². The van der Waals surface area contributed by atoms with Crippen molar-refractivity contribution in [2.75, 3.05) is 18.0 Å². The van der Waals surface area contributed by atoms with Gasteiger partial charge in [-0.25, -0.2) is 4.39 Å². The number of nitrogens with two attached hydrogens (primary N) is 1. The maximum atomic E-state index is 13.6. The summed E-state index contributed by atoms with van der Waals surface area (Å²) in [5, 5.41) is 8.61. The van der Waals surface area contributed by atoms with Gasteiger partial charge in [0.05, 0.1) is 17.3 Å². The van der Waals surface area contributed by atoms with Gasteiger partial charge in [-0.2, -0.15) is 5.26 Å². The zero-order valence-electron chi connectivity index (χ0n) is 8.28. The summed E-state index contributed by atoms with van der Waals surface area (Å²) in [6.45, 7) is 1.47. The van der Waals surface area contributed by atoms with E-state index in [9.17, 15) is 4.39 Å². The quantitative estimate of drug-likeness (QED) is 0.750. The molecule has 2 rings (SSSR count). The topological polar surface area (TPSA) is 53.0 Å². The third-order valence-electron chi connectivity index (χ3n) is 2.64. The second-order valence-corrected chi connectivity index (χ2v) is 3.77. The Morgan fingerprint density at radius 3 is 2.87 bits per heavy atom. The molecule has 1 fully saturated rings. The first-order valence-corrected chi connectivity index (χ1v) is 4.91. The molecule has 1 aromatic rings. The highest BCUT2D eigenvalue weighted by Gasteiger charge is 2.21. The van der Waals surface area contributed by atoms with E-state index in [0.717, 1.165) is 13.0 Å². The molecule has 1 aliphatic heterocycles. The van der Waals surface area contributed by atoms with E-state index in [1.54, 1.807) is 12.1 Å². The van der Waals surface area contributed by atoms with Gasteiger partial charge < -0.3 is 10.6 Å². The molecule has 0 spiro atoms. The van der Waals surface area contributed by atoms with E-state index in [-0.39, 0.29) is 11.9 Å². The van der Waals surface area contributed by atoms with Gasteiger partial charge in [-0.1, -0.05) is 0 Å². The average molecular weight is 205 g/mol. The third-order valence-corrected chi connectivity index (χ3v) is 2.64. The maximum absolute atomic E-state index is 13.6. The second kappa shape index (κ2) is 3.87. The Hall–Kier alpha value is -1.60. The highest BCUT2D eigenvalue weighted by Crippen LogP contribution is 2.23. The van der Waals surface area contributed by atoms with Gasteiger partial charge in [0.25, 0.3) is 0 Å². The van der Waals surface area contributed by atoms with Crippen LogP contribution in [0.4, 0.5) is 10.1 Å². The van der Waals surface area contributed by atoms with E-state index in [2.05, 4.69) is 0 Å². The van der Waals surface area contributed by atoms with Crippen molar-refractivity contribution in [2.45, 2.75) is 12.5 Å². The van der Waals surface area contributed by atoms with Crippen LogP contribution in [0.1, 0.15) is 12.0 Å².